The molecular weight excluding hydrogens is 480 g/mol. The molecule has 1 aliphatic heterocycles. The monoisotopic (exact) mass is 512 g/mol. The second-order valence-corrected chi connectivity index (χ2v) is 11.4. The molecule has 2 heterocycles. The smallest absolute Gasteiger partial charge is 0.243 e. The standard InChI is InChI=1S/C26H32N4O3S2/c1-3-29-13-15-30(16-14-29)24-12-11-22(27-26(31)19-23-10-7-17-34-23)18-25(24)35(32,33)28-20(2)21-8-5-4-6-9-21/h4-12,17-18,20,28H,3,13-16,19H2,1-2H3,(H,27,31). The van der Waals surface area contributed by atoms with E-state index in [9.17, 15) is 13.2 Å². The number of hydrogen-bond donors (Lipinski definition) is 2. The van der Waals surface area contributed by atoms with Crippen molar-refractivity contribution in [1.29, 1.82) is 0 Å². The van der Waals surface area contributed by atoms with Crippen molar-refractivity contribution in [3.8, 4) is 0 Å². The fourth-order valence-corrected chi connectivity index (χ4v) is 6.44. The van der Waals surface area contributed by atoms with Gasteiger partial charge in [0.05, 0.1) is 12.1 Å². The predicted octanol–water partition coefficient (Wildman–Crippen LogP) is 4.11. The SMILES string of the molecule is CCN1CCN(c2ccc(NC(=O)Cc3cccs3)cc2S(=O)(=O)NC(C)c2ccccc2)CC1. The van der Waals surface area contributed by atoms with Crippen LogP contribution >= 0.6 is 11.3 Å². The molecule has 4 rings (SSSR count). The highest BCUT2D eigenvalue weighted by molar-refractivity contribution is 7.89. The van der Waals surface area contributed by atoms with Gasteiger partial charge in [-0.2, -0.15) is 0 Å². The first-order valence-corrected chi connectivity index (χ1v) is 14.2. The van der Waals surface area contributed by atoms with Gasteiger partial charge in [0.2, 0.25) is 15.9 Å². The third-order valence-corrected chi connectivity index (χ3v) is 8.69. The van der Waals surface area contributed by atoms with E-state index in [-0.39, 0.29) is 17.2 Å². The van der Waals surface area contributed by atoms with E-state index in [4.69, 9.17) is 0 Å². The van der Waals surface area contributed by atoms with Crippen LogP contribution in [0.2, 0.25) is 0 Å². The number of piperazine rings is 1. The van der Waals surface area contributed by atoms with Gasteiger partial charge in [0.1, 0.15) is 4.90 Å². The first-order chi connectivity index (χ1) is 16.9. The summed E-state index contributed by atoms with van der Waals surface area (Å²) >= 11 is 1.52. The highest BCUT2D eigenvalue weighted by atomic mass is 32.2. The predicted molar refractivity (Wildman–Crippen MR) is 143 cm³/mol. The molecule has 1 fully saturated rings. The lowest BCUT2D eigenvalue weighted by atomic mass is 10.1. The third kappa shape index (κ3) is 6.49. The van der Waals surface area contributed by atoms with Crippen LogP contribution in [0.3, 0.4) is 0 Å². The summed E-state index contributed by atoms with van der Waals surface area (Å²) in [5.41, 5.74) is 2.01. The molecule has 2 N–H and O–H groups in total. The lowest BCUT2D eigenvalue weighted by Gasteiger charge is -2.36. The van der Waals surface area contributed by atoms with E-state index in [1.54, 1.807) is 12.1 Å². The third-order valence-electron chi connectivity index (χ3n) is 6.24. The lowest BCUT2D eigenvalue weighted by molar-refractivity contribution is -0.115. The largest absolute Gasteiger partial charge is 0.368 e. The number of rotatable bonds is 9. The summed E-state index contributed by atoms with van der Waals surface area (Å²) in [6.07, 6.45) is 0.254. The van der Waals surface area contributed by atoms with Gasteiger partial charge in [-0.25, -0.2) is 13.1 Å². The molecular formula is C26H32N4O3S2. The van der Waals surface area contributed by atoms with E-state index in [0.717, 1.165) is 43.2 Å². The Labute approximate surface area is 211 Å². The van der Waals surface area contributed by atoms with Crippen molar-refractivity contribution in [3.63, 3.8) is 0 Å². The summed E-state index contributed by atoms with van der Waals surface area (Å²) in [4.78, 5) is 18.2. The molecule has 1 aliphatic rings. The lowest BCUT2D eigenvalue weighted by Crippen LogP contribution is -2.46. The van der Waals surface area contributed by atoms with Crippen LogP contribution in [0.5, 0.6) is 0 Å². The number of anilines is 2. The molecule has 0 bridgehead atoms. The Hall–Kier alpha value is -2.72. The number of carbonyl (C=O) groups is 1. The van der Waals surface area contributed by atoms with Gasteiger partial charge in [0.15, 0.2) is 0 Å². The molecule has 186 valence electrons. The number of likely N-dealkylation sites (N-methyl/N-ethyl adjacent to an activating group) is 1. The van der Waals surface area contributed by atoms with Crippen LogP contribution in [-0.2, 0) is 21.2 Å². The van der Waals surface area contributed by atoms with E-state index < -0.39 is 16.1 Å². The molecule has 0 aliphatic carbocycles. The summed E-state index contributed by atoms with van der Waals surface area (Å²) < 4.78 is 30.1. The fraction of sp³-hybridized carbons (Fsp3) is 0.346. The molecule has 2 aromatic carbocycles. The van der Waals surface area contributed by atoms with Crippen LogP contribution in [0.25, 0.3) is 0 Å². The van der Waals surface area contributed by atoms with Crippen LogP contribution in [0.4, 0.5) is 11.4 Å². The quantitative estimate of drug-likeness (QED) is 0.451. The van der Waals surface area contributed by atoms with Gasteiger partial charge < -0.3 is 15.1 Å². The number of sulfonamides is 1. The first-order valence-electron chi connectivity index (χ1n) is 11.9. The van der Waals surface area contributed by atoms with Crippen LogP contribution in [0.15, 0.2) is 70.9 Å². The fourth-order valence-electron chi connectivity index (χ4n) is 4.26. The summed E-state index contributed by atoms with van der Waals surface area (Å²) in [5.74, 6) is -0.175. The van der Waals surface area contributed by atoms with Gasteiger partial charge in [-0.1, -0.05) is 43.3 Å². The van der Waals surface area contributed by atoms with Gasteiger partial charge >= 0.3 is 0 Å². The molecule has 1 aromatic heterocycles. The Morgan fingerprint density at radius 1 is 1.03 bits per heavy atom. The van der Waals surface area contributed by atoms with Crippen molar-refractivity contribution >= 4 is 38.6 Å². The Morgan fingerprint density at radius 2 is 1.77 bits per heavy atom. The zero-order valence-corrected chi connectivity index (χ0v) is 21.7. The molecule has 1 saturated heterocycles. The van der Waals surface area contributed by atoms with E-state index in [1.165, 1.54) is 11.3 Å². The summed E-state index contributed by atoms with van der Waals surface area (Å²) in [7, 11) is -3.87. The summed E-state index contributed by atoms with van der Waals surface area (Å²) in [5, 5.41) is 4.80. The van der Waals surface area contributed by atoms with Gasteiger partial charge in [-0.15, -0.1) is 11.3 Å². The number of thiophene rings is 1. The number of amides is 1. The first kappa shape index (κ1) is 25.4. The van der Waals surface area contributed by atoms with Crippen molar-refractivity contribution in [2.24, 2.45) is 0 Å². The maximum absolute atomic E-state index is 13.6. The van der Waals surface area contributed by atoms with E-state index in [0.29, 0.717) is 11.4 Å². The van der Waals surface area contributed by atoms with E-state index in [2.05, 4.69) is 26.8 Å². The van der Waals surface area contributed by atoms with Crippen molar-refractivity contribution in [1.82, 2.24) is 9.62 Å². The number of carbonyl (C=O) groups excluding carboxylic acids is 1. The average Bonchev–Trinajstić information content (AvgIpc) is 3.37. The van der Waals surface area contributed by atoms with Crippen molar-refractivity contribution in [2.45, 2.75) is 31.2 Å². The molecule has 0 spiro atoms. The molecule has 3 aromatic rings. The zero-order chi connectivity index (χ0) is 24.8. The van der Waals surface area contributed by atoms with Crippen LogP contribution in [0.1, 0.15) is 30.3 Å². The highest BCUT2D eigenvalue weighted by Crippen LogP contribution is 2.31. The molecule has 35 heavy (non-hydrogen) atoms. The second-order valence-electron chi connectivity index (χ2n) is 8.66. The normalized spacial score (nSPS) is 15.7. The molecule has 7 nitrogen and oxygen atoms in total. The Kier molecular flexibility index (Phi) is 8.22. The van der Waals surface area contributed by atoms with Crippen LogP contribution < -0.4 is 14.9 Å². The number of nitrogens with one attached hydrogen (secondary N) is 2. The Balaban J connectivity index is 1.61. The Morgan fingerprint density at radius 3 is 2.43 bits per heavy atom. The van der Waals surface area contributed by atoms with Gasteiger partial charge in [-0.05, 0) is 48.7 Å². The van der Waals surface area contributed by atoms with Crippen LogP contribution in [0, 0.1) is 0 Å². The number of nitrogens with zero attached hydrogens (tertiary/aromatic N) is 2. The Bertz CT molecular complexity index is 1220. The van der Waals surface area contributed by atoms with Gasteiger partial charge in [0.25, 0.3) is 0 Å². The molecule has 1 atom stereocenters. The highest BCUT2D eigenvalue weighted by Gasteiger charge is 2.27. The molecule has 0 radical (unpaired) electrons. The maximum atomic E-state index is 13.6. The molecule has 1 unspecified atom stereocenters. The van der Waals surface area contributed by atoms with Gasteiger partial charge in [-0.3, -0.25) is 4.79 Å². The number of hydrogen-bond acceptors (Lipinski definition) is 6. The van der Waals surface area contributed by atoms with Crippen molar-refractivity contribution in [3.05, 3.63) is 76.5 Å². The van der Waals surface area contributed by atoms with E-state index >= 15 is 0 Å². The minimum atomic E-state index is -3.87. The average molecular weight is 513 g/mol. The second kappa shape index (κ2) is 11.3. The van der Waals surface area contributed by atoms with Crippen LogP contribution in [-0.4, -0.2) is 51.9 Å². The minimum Gasteiger partial charge on any atom is -0.368 e. The zero-order valence-electron chi connectivity index (χ0n) is 20.1. The minimum absolute atomic E-state index is 0.175. The number of benzene rings is 2. The molecule has 1 amide bonds. The molecule has 9 heteroatoms. The van der Waals surface area contributed by atoms with Crippen molar-refractivity contribution < 1.29 is 13.2 Å². The summed E-state index contributed by atoms with van der Waals surface area (Å²) in [6.45, 7) is 8.19. The van der Waals surface area contributed by atoms with E-state index in [1.807, 2.05) is 60.8 Å². The van der Waals surface area contributed by atoms with Crippen molar-refractivity contribution in [2.75, 3.05) is 42.9 Å². The summed E-state index contributed by atoms with van der Waals surface area (Å²) in [6, 6.07) is 18.1. The van der Waals surface area contributed by atoms with Gasteiger partial charge in [0, 0.05) is 42.8 Å². The maximum Gasteiger partial charge on any atom is 0.243 e. The topological polar surface area (TPSA) is 81.8 Å². The molecule has 0 saturated carbocycles.